The molecule has 0 amide bonds. The topological polar surface area (TPSA) is 15.1 Å². The second-order valence-electron chi connectivity index (χ2n) is 5.48. The van der Waals surface area contributed by atoms with E-state index in [1.165, 1.54) is 64.6 Å². The Bertz CT molecular complexity index is 317. The predicted molar refractivity (Wildman–Crippen MR) is 81.0 cm³/mol. The Morgan fingerprint density at radius 3 is 2.32 bits per heavy atom. The number of hydrogen-bond acceptors (Lipinski definition) is 2. The van der Waals surface area contributed by atoms with Crippen LogP contribution in [-0.2, 0) is 0 Å². The van der Waals surface area contributed by atoms with Gasteiger partial charge in [0.25, 0.3) is 0 Å². The molecule has 19 heavy (non-hydrogen) atoms. The lowest BCUT2D eigenvalue weighted by atomic mass is 10.2. The van der Waals surface area contributed by atoms with Crippen molar-refractivity contribution in [2.24, 2.45) is 0 Å². The van der Waals surface area contributed by atoms with Gasteiger partial charge in [-0.1, -0.05) is 18.2 Å². The highest BCUT2D eigenvalue weighted by molar-refractivity contribution is 5.20. The number of ether oxygens (including phenoxy) is 1. The van der Waals surface area contributed by atoms with Crippen molar-refractivity contribution >= 4 is 0 Å². The van der Waals surface area contributed by atoms with Gasteiger partial charge in [-0.2, -0.15) is 4.90 Å². The van der Waals surface area contributed by atoms with Gasteiger partial charge in [0.15, 0.2) is 0 Å². The molecular formula is C17H27NO+. The molecule has 1 aliphatic heterocycles. The van der Waals surface area contributed by atoms with E-state index in [0.717, 1.165) is 12.4 Å². The van der Waals surface area contributed by atoms with Crippen LogP contribution in [0.4, 0.5) is 0 Å². The van der Waals surface area contributed by atoms with Gasteiger partial charge in [0.05, 0.1) is 6.61 Å². The molecular weight excluding hydrogens is 234 g/mol. The molecule has 0 spiro atoms. The van der Waals surface area contributed by atoms with E-state index in [1.54, 1.807) is 0 Å². The molecule has 1 heterocycles. The van der Waals surface area contributed by atoms with Crippen molar-refractivity contribution in [2.45, 2.75) is 44.9 Å². The van der Waals surface area contributed by atoms with Crippen LogP contribution >= 0.6 is 0 Å². The predicted octanol–water partition coefficient (Wildman–Crippen LogP) is 3.95. The summed E-state index contributed by atoms with van der Waals surface area (Å²) in [4.78, 5) is 2.64. The van der Waals surface area contributed by atoms with Gasteiger partial charge in [0, 0.05) is 19.3 Å². The maximum Gasteiger partial charge on any atom is 0.122 e. The molecule has 0 N–H and O–H groups in total. The molecule has 1 aromatic rings. The lowest BCUT2D eigenvalue weighted by molar-refractivity contribution is 0.301. The van der Waals surface area contributed by atoms with Crippen LogP contribution in [0.3, 0.4) is 0 Å². The van der Waals surface area contributed by atoms with E-state index in [4.69, 9.17) is 4.74 Å². The van der Waals surface area contributed by atoms with Crippen LogP contribution in [0.5, 0.6) is 5.75 Å². The molecule has 1 fully saturated rings. The lowest BCUT2D eigenvalue weighted by Crippen LogP contribution is -2.32. The molecule has 1 saturated heterocycles. The van der Waals surface area contributed by atoms with Gasteiger partial charge < -0.3 is 4.74 Å². The van der Waals surface area contributed by atoms with Gasteiger partial charge >= 0.3 is 0 Å². The fourth-order valence-corrected chi connectivity index (χ4v) is 2.68. The molecule has 1 radical (unpaired) electrons. The fourth-order valence-electron chi connectivity index (χ4n) is 2.68. The maximum absolute atomic E-state index is 5.70. The molecule has 1 aliphatic rings. The van der Waals surface area contributed by atoms with Gasteiger partial charge in [-0.05, 0) is 37.8 Å². The summed E-state index contributed by atoms with van der Waals surface area (Å²) in [5.41, 5.74) is 0. The highest BCUT2D eigenvalue weighted by Crippen LogP contribution is 2.10. The van der Waals surface area contributed by atoms with Gasteiger partial charge in [0.1, 0.15) is 25.4 Å². The van der Waals surface area contributed by atoms with Gasteiger partial charge in [-0.15, -0.1) is 0 Å². The normalized spacial score (nSPS) is 17.1. The van der Waals surface area contributed by atoms with Crippen molar-refractivity contribution in [3.05, 3.63) is 30.3 Å². The third-order valence-corrected chi connectivity index (χ3v) is 3.83. The third-order valence-electron chi connectivity index (χ3n) is 3.83. The van der Waals surface area contributed by atoms with E-state index >= 15 is 0 Å². The number of hydrogen-bond donors (Lipinski definition) is 0. The molecule has 105 valence electrons. The third kappa shape index (κ3) is 6.11. The second kappa shape index (κ2) is 8.98. The monoisotopic (exact) mass is 261 g/mol. The summed E-state index contributed by atoms with van der Waals surface area (Å²) in [5, 5.41) is 0. The summed E-state index contributed by atoms with van der Waals surface area (Å²) in [7, 11) is 0. The van der Waals surface area contributed by atoms with Crippen LogP contribution in [0.2, 0.25) is 0 Å². The van der Waals surface area contributed by atoms with Crippen molar-refractivity contribution in [3.8, 4) is 5.75 Å². The first-order valence-corrected chi connectivity index (χ1v) is 7.85. The Hall–Kier alpha value is -1.02. The molecule has 1 aromatic carbocycles. The molecule has 2 rings (SSSR count). The van der Waals surface area contributed by atoms with Crippen molar-refractivity contribution < 1.29 is 4.74 Å². The van der Waals surface area contributed by atoms with E-state index < -0.39 is 0 Å². The molecule has 2 nitrogen and oxygen atoms in total. The van der Waals surface area contributed by atoms with Crippen LogP contribution in [0.1, 0.15) is 44.9 Å². The first-order valence-electron chi connectivity index (χ1n) is 7.85. The van der Waals surface area contributed by atoms with Gasteiger partial charge in [-0.3, -0.25) is 0 Å². The minimum absolute atomic E-state index is 0.851. The van der Waals surface area contributed by atoms with Gasteiger partial charge in [-0.25, -0.2) is 0 Å². The molecule has 0 saturated carbocycles. The number of unbranched alkanes of at least 4 members (excludes halogenated alkanes) is 2. The Morgan fingerprint density at radius 2 is 1.58 bits per heavy atom. The minimum atomic E-state index is 0.851. The van der Waals surface area contributed by atoms with Crippen LogP contribution in [0.25, 0.3) is 0 Å². The van der Waals surface area contributed by atoms with Crippen LogP contribution in [0.15, 0.2) is 30.3 Å². The summed E-state index contributed by atoms with van der Waals surface area (Å²) >= 11 is 0. The Kier molecular flexibility index (Phi) is 6.80. The van der Waals surface area contributed by atoms with E-state index in [9.17, 15) is 0 Å². The summed E-state index contributed by atoms with van der Waals surface area (Å²) in [6.45, 7) is 4.77. The minimum Gasteiger partial charge on any atom is -0.494 e. The number of para-hydroxylation sites is 1. The van der Waals surface area contributed by atoms with Gasteiger partial charge in [0.2, 0.25) is 0 Å². The van der Waals surface area contributed by atoms with Crippen molar-refractivity contribution in [2.75, 3.05) is 26.2 Å². The summed E-state index contributed by atoms with van der Waals surface area (Å²) < 4.78 is 5.70. The average molecular weight is 261 g/mol. The van der Waals surface area contributed by atoms with E-state index in [2.05, 4.69) is 4.90 Å². The van der Waals surface area contributed by atoms with E-state index in [-0.39, 0.29) is 0 Å². The maximum atomic E-state index is 5.70. The average Bonchev–Trinajstić information content (AvgIpc) is 2.72. The zero-order valence-electron chi connectivity index (χ0n) is 12.0. The van der Waals surface area contributed by atoms with E-state index in [0.29, 0.717) is 0 Å². The van der Waals surface area contributed by atoms with Crippen molar-refractivity contribution in [3.63, 3.8) is 0 Å². The van der Waals surface area contributed by atoms with Crippen LogP contribution in [0, 0.1) is 0 Å². The van der Waals surface area contributed by atoms with E-state index in [1.807, 2.05) is 30.3 Å². The summed E-state index contributed by atoms with van der Waals surface area (Å²) in [6, 6.07) is 10.1. The van der Waals surface area contributed by atoms with Crippen molar-refractivity contribution in [1.82, 2.24) is 4.90 Å². The van der Waals surface area contributed by atoms with Crippen molar-refractivity contribution in [1.29, 1.82) is 0 Å². The first-order chi connectivity index (χ1) is 9.45. The number of nitrogens with zero attached hydrogens (tertiary/aromatic N) is 1. The summed E-state index contributed by atoms with van der Waals surface area (Å²) in [5.74, 6) is 0.995. The van der Waals surface area contributed by atoms with Crippen LogP contribution < -0.4 is 9.64 Å². The highest BCUT2D eigenvalue weighted by atomic mass is 16.5. The molecule has 2 heteroatoms. The fraction of sp³-hybridized carbons (Fsp3) is 0.647. The highest BCUT2D eigenvalue weighted by Gasteiger charge is 2.16. The second-order valence-corrected chi connectivity index (χ2v) is 5.48. The zero-order valence-corrected chi connectivity index (χ0v) is 12.0. The van der Waals surface area contributed by atoms with Crippen LogP contribution in [-0.4, -0.2) is 26.2 Å². The Balaban J connectivity index is 1.48. The molecule has 0 bridgehead atoms. The molecule has 0 atom stereocenters. The first kappa shape index (κ1) is 14.4. The standard InChI is InChI=1S/C17H27NO/c1-2-8-14-18(13-7-1)15-9-4-10-16-19-17-11-5-3-6-12-17/h3,5-6,11-12H,1-2,4,7-10,13-16H2/q+1. The zero-order chi connectivity index (χ0) is 13.2. The number of benzene rings is 1. The Morgan fingerprint density at radius 1 is 0.842 bits per heavy atom. The molecule has 0 aliphatic carbocycles. The smallest absolute Gasteiger partial charge is 0.122 e. The molecule has 0 aromatic heterocycles. The Labute approximate surface area is 117 Å². The number of rotatable bonds is 7. The molecule has 0 unspecified atom stereocenters. The lowest BCUT2D eigenvalue weighted by Gasteiger charge is -2.09. The summed E-state index contributed by atoms with van der Waals surface area (Å²) in [6.07, 6.45) is 9.43. The number of likely N-dealkylation sites (tertiary alicyclic amines) is 1. The quantitative estimate of drug-likeness (QED) is 0.536. The SMILES string of the molecule is c1ccc(OCCCCC[N+]2CCCCCC2)cc1. The largest absolute Gasteiger partial charge is 0.494 e.